The van der Waals surface area contributed by atoms with Gasteiger partial charge in [0.25, 0.3) is 0 Å². The number of piperazine rings is 1. The van der Waals surface area contributed by atoms with Gasteiger partial charge >= 0.3 is 5.97 Å². The van der Waals surface area contributed by atoms with Crippen LogP contribution in [0.4, 0.5) is 5.13 Å². The number of aromatic nitrogens is 1. The van der Waals surface area contributed by atoms with Crippen LogP contribution >= 0.6 is 11.3 Å². The molecule has 1 aliphatic rings. The molecule has 6 nitrogen and oxygen atoms in total. The van der Waals surface area contributed by atoms with E-state index in [2.05, 4.69) is 9.88 Å². The first kappa shape index (κ1) is 15.8. The van der Waals surface area contributed by atoms with Crippen molar-refractivity contribution in [3.8, 4) is 0 Å². The van der Waals surface area contributed by atoms with E-state index >= 15 is 0 Å². The second-order valence-electron chi connectivity index (χ2n) is 6.26. The molecule has 2 heterocycles. The summed E-state index contributed by atoms with van der Waals surface area (Å²) >= 11 is 1.57. The van der Waals surface area contributed by atoms with Gasteiger partial charge in [0.1, 0.15) is 5.92 Å². The molecule has 0 radical (unpaired) electrons. The molecular formula is C14H21N3O3S. The molecule has 1 saturated heterocycles. The van der Waals surface area contributed by atoms with E-state index in [0.717, 1.165) is 5.13 Å². The molecule has 0 saturated carbocycles. The normalized spacial score (nSPS) is 17.7. The lowest BCUT2D eigenvalue weighted by Crippen LogP contribution is -2.53. The Morgan fingerprint density at radius 1 is 1.29 bits per heavy atom. The van der Waals surface area contributed by atoms with Crippen LogP contribution in [0.1, 0.15) is 20.8 Å². The Morgan fingerprint density at radius 3 is 2.33 bits per heavy atom. The Morgan fingerprint density at radius 2 is 1.90 bits per heavy atom. The zero-order valence-corrected chi connectivity index (χ0v) is 13.4. The van der Waals surface area contributed by atoms with Crippen molar-refractivity contribution >= 4 is 28.3 Å². The number of carbonyl (C=O) groups excluding carboxylic acids is 1. The highest BCUT2D eigenvalue weighted by Gasteiger charge is 2.40. The predicted octanol–water partition coefficient (Wildman–Crippen LogP) is 1.54. The van der Waals surface area contributed by atoms with Gasteiger partial charge in [0.05, 0.1) is 0 Å². The summed E-state index contributed by atoms with van der Waals surface area (Å²) in [4.78, 5) is 32.0. The van der Waals surface area contributed by atoms with Crippen LogP contribution in [0.5, 0.6) is 0 Å². The average molecular weight is 311 g/mol. The highest BCUT2D eigenvalue weighted by atomic mass is 32.1. The Kier molecular flexibility index (Phi) is 4.51. The molecular weight excluding hydrogens is 290 g/mol. The molecule has 116 valence electrons. The quantitative estimate of drug-likeness (QED) is 0.857. The van der Waals surface area contributed by atoms with Crippen molar-refractivity contribution in [2.45, 2.75) is 20.8 Å². The molecule has 1 atom stereocenters. The third-order valence-corrected chi connectivity index (χ3v) is 4.47. The fraction of sp³-hybridized carbons (Fsp3) is 0.643. The maximum Gasteiger partial charge on any atom is 0.316 e. The topological polar surface area (TPSA) is 73.7 Å². The van der Waals surface area contributed by atoms with Gasteiger partial charge in [-0.3, -0.25) is 9.59 Å². The summed E-state index contributed by atoms with van der Waals surface area (Å²) in [6.45, 7) is 7.82. The first-order valence-electron chi connectivity index (χ1n) is 6.96. The third-order valence-electron chi connectivity index (χ3n) is 3.64. The number of rotatable bonds is 3. The third kappa shape index (κ3) is 3.53. The molecule has 0 aromatic carbocycles. The summed E-state index contributed by atoms with van der Waals surface area (Å²) in [6.07, 6.45) is 1.76. The highest BCUT2D eigenvalue weighted by molar-refractivity contribution is 7.13. The molecule has 1 aromatic heterocycles. The molecule has 1 amide bonds. The van der Waals surface area contributed by atoms with Crippen LogP contribution in [0.2, 0.25) is 0 Å². The van der Waals surface area contributed by atoms with Gasteiger partial charge in [-0.15, -0.1) is 11.3 Å². The number of carboxylic acid groups (broad SMARTS) is 1. The molecule has 1 aliphatic heterocycles. The summed E-state index contributed by atoms with van der Waals surface area (Å²) in [7, 11) is 0. The average Bonchev–Trinajstić information content (AvgIpc) is 2.90. The van der Waals surface area contributed by atoms with Crippen molar-refractivity contribution in [2.75, 3.05) is 31.1 Å². The molecule has 7 heteroatoms. The van der Waals surface area contributed by atoms with Crippen LogP contribution in [-0.4, -0.2) is 53.0 Å². The van der Waals surface area contributed by atoms with Crippen molar-refractivity contribution < 1.29 is 14.7 Å². The van der Waals surface area contributed by atoms with E-state index in [1.54, 1.807) is 43.2 Å². The Hall–Kier alpha value is -1.63. The van der Waals surface area contributed by atoms with E-state index in [9.17, 15) is 14.7 Å². The van der Waals surface area contributed by atoms with Crippen LogP contribution in [-0.2, 0) is 9.59 Å². The molecule has 0 bridgehead atoms. The van der Waals surface area contributed by atoms with Crippen molar-refractivity contribution in [2.24, 2.45) is 11.3 Å². The zero-order valence-electron chi connectivity index (χ0n) is 12.6. The first-order chi connectivity index (χ1) is 9.80. The van der Waals surface area contributed by atoms with Crippen molar-refractivity contribution in [3.05, 3.63) is 11.6 Å². The minimum Gasteiger partial charge on any atom is -0.481 e. The number of aliphatic carboxylic acids is 1. The second kappa shape index (κ2) is 6.01. The van der Waals surface area contributed by atoms with Crippen LogP contribution in [0.25, 0.3) is 0 Å². The van der Waals surface area contributed by atoms with Gasteiger partial charge in [-0.1, -0.05) is 20.8 Å². The first-order valence-corrected chi connectivity index (χ1v) is 7.84. The van der Waals surface area contributed by atoms with Crippen molar-refractivity contribution in [1.82, 2.24) is 9.88 Å². The Bertz CT molecular complexity index is 502. The van der Waals surface area contributed by atoms with Crippen LogP contribution in [0, 0.1) is 11.3 Å². The fourth-order valence-corrected chi connectivity index (χ4v) is 3.22. The SMILES string of the molecule is CC(C)(C)C(C(=O)O)C(=O)N1CCN(c2nccs2)CC1. The molecule has 1 N–H and O–H groups in total. The van der Waals surface area contributed by atoms with Crippen LogP contribution < -0.4 is 4.90 Å². The van der Waals surface area contributed by atoms with Crippen molar-refractivity contribution in [1.29, 1.82) is 0 Å². The lowest BCUT2D eigenvalue weighted by molar-refractivity contribution is -0.156. The van der Waals surface area contributed by atoms with Gasteiger partial charge in [-0.05, 0) is 5.41 Å². The summed E-state index contributed by atoms with van der Waals surface area (Å²) in [5.41, 5.74) is -0.588. The van der Waals surface area contributed by atoms with E-state index in [0.29, 0.717) is 26.2 Å². The number of amides is 1. The molecule has 1 unspecified atom stereocenters. The number of thiazole rings is 1. The monoisotopic (exact) mass is 311 g/mol. The van der Waals surface area contributed by atoms with E-state index < -0.39 is 17.3 Å². The second-order valence-corrected chi connectivity index (χ2v) is 7.14. The van der Waals surface area contributed by atoms with E-state index in [-0.39, 0.29) is 5.91 Å². The van der Waals surface area contributed by atoms with Gasteiger partial charge in [-0.2, -0.15) is 0 Å². The standard InChI is InChI=1S/C14H21N3O3S/c1-14(2,3)10(12(19)20)11(18)16-5-7-17(8-6-16)13-15-4-9-21-13/h4,9-10H,5-8H2,1-3H3,(H,19,20). The van der Waals surface area contributed by atoms with E-state index in [1.807, 2.05) is 5.38 Å². The summed E-state index contributed by atoms with van der Waals surface area (Å²) in [6, 6.07) is 0. The molecule has 0 aliphatic carbocycles. The molecule has 1 fully saturated rings. The summed E-state index contributed by atoms with van der Waals surface area (Å²) < 4.78 is 0. The van der Waals surface area contributed by atoms with Gasteiger partial charge in [-0.25, -0.2) is 4.98 Å². The molecule has 1 aromatic rings. The van der Waals surface area contributed by atoms with Gasteiger partial charge in [0.15, 0.2) is 5.13 Å². The molecule has 0 spiro atoms. The summed E-state index contributed by atoms with van der Waals surface area (Å²) in [5, 5.41) is 12.2. The van der Waals surface area contributed by atoms with Gasteiger partial charge in [0.2, 0.25) is 5.91 Å². The van der Waals surface area contributed by atoms with Crippen LogP contribution in [0.3, 0.4) is 0 Å². The van der Waals surface area contributed by atoms with Gasteiger partial charge in [0, 0.05) is 37.8 Å². The van der Waals surface area contributed by atoms with Crippen molar-refractivity contribution in [3.63, 3.8) is 0 Å². The maximum atomic E-state index is 12.5. The Labute approximate surface area is 128 Å². The molecule has 2 rings (SSSR count). The maximum absolute atomic E-state index is 12.5. The number of carboxylic acids is 1. The predicted molar refractivity (Wildman–Crippen MR) is 81.5 cm³/mol. The highest BCUT2D eigenvalue weighted by Crippen LogP contribution is 2.29. The summed E-state index contributed by atoms with van der Waals surface area (Å²) in [5.74, 6) is -2.33. The lowest BCUT2D eigenvalue weighted by Gasteiger charge is -2.38. The number of carbonyl (C=O) groups is 2. The van der Waals surface area contributed by atoms with Gasteiger partial charge < -0.3 is 14.9 Å². The zero-order chi connectivity index (χ0) is 15.6. The van der Waals surface area contributed by atoms with E-state index in [4.69, 9.17) is 0 Å². The minimum absolute atomic E-state index is 0.284. The number of anilines is 1. The smallest absolute Gasteiger partial charge is 0.316 e. The fourth-order valence-electron chi connectivity index (χ4n) is 2.52. The number of hydrogen-bond acceptors (Lipinski definition) is 5. The van der Waals surface area contributed by atoms with E-state index in [1.165, 1.54) is 0 Å². The molecule has 21 heavy (non-hydrogen) atoms. The minimum atomic E-state index is -1.05. The van der Waals surface area contributed by atoms with Crippen LogP contribution in [0.15, 0.2) is 11.6 Å². The Balaban J connectivity index is 2.01. The number of hydrogen-bond donors (Lipinski definition) is 1. The lowest BCUT2D eigenvalue weighted by atomic mass is 9.79. The number of nitrogens with zero attached hydrogens (tertiary/aromatic N) is 3. The largest absolute Gasteiger partial charge is 0.481 e.